The Balaban J connectivity index is 1.93. The molecule has 0 saturated carbocycles. The zero-order valence-electron chi connectivity index (χ0n) is 13.7. The van der Waals surface area contributed by atoms with Crippen molar-refractivity contribution in [3.05, 3.63) is 87.7 Å². The van der Waals surface area contributed by atoms with Crippen LogP contribution in [0.2, 0.25) is 10.0 Å². The maximum Gasteiger partial charge on any atom is 0.259 e. The lowest BCUT2D eigenvalue weighted by atomic mass is 10.1. The molecule has 1 N–H and O–H groups in total. The van der Waals surface area contributed by atoms with Crippen molar-refractivity contribution in [3.63, 3.8) is 0 Å². The van der Waals surface area contributed by atoms with E-state index in [1.54, 1.807) is 18.2 Å². The summed E-state index contributed by atoms with van der Waals surface area (Å²) in [5.41, 5.74) is 0.985. The van der Waals surface area contributed by atoms with E-state index in [9.17, 15) is 9.18 Å². The highest BCUT2D eigenvalue weighted by molar-refractivity contribution is 6.42. The third-order valence-corrected chi connectivity index (χ3v) is 4.28. The number of amides is 1. The maximum absolute atomic E-state index is 13.1. The molecule has 0 saturated heterocycles. The summed E-state index contributed by atoms with van der Waals surface area (Å²) in [4.78, 5) is 12.7. The fourth-order valence-electron chi connectivity index (χ4n) is 2.29. The number of benzene rings is 3. The summed E-state index contributed by atoms with van der Waals surface area (Å²) in [6, 6.07) is 16.6. The molecule has 0 bridgehead atoms. The molecule has 134 valence electrons. The molecule has 0 aromatic heterocycles. The van der Waals surface area contributed by atoms with Crippen molar-refractivity contribution < 1.29 is 13.9 Å². The summed E-state index contributed by atoms with van der Waals surface area (Å²) in [5.74, 6) is -0.423. The van der Waals surface area contributed by atoms with Crippen LogP contribution in [-0.2, 0) is 0 Å². The zero-order chi connectivity index (χ0) is 19.4. The van der Waals surface area contributed by atoms with Crippen LogP contribution in [0.15, 0.2) is 60.7 Å². The van der Waals surface area contributed by atoms with Gasteiger partial charge in [-0.2, -0.15) is 5.26 Å². The van der Waals surface area contributed by atoms with Gasteiger partial charge in [0, 0.05) is 11.8 Å². The van der Waals surface area contributed by atoms with E-state index in [4.69, 9.17) is 33.2 Å². The van der Waals surface area contributed by atoms with Gasteiger partial charge in [-0.3, -0.25) is 4.79 Å². The number of hydrogen-bond donors (Lipinski definition) is 1. The third-order valence-electron chi connectivity index (χ3n) is 3.56. The Kier molecular flexibility index (Phi) is 5.60. The lowest BCUT2D eigenvalue weighted by Crippen LogP contribution is -2.13. The second-order valence-electron chi connectivity index (χ2n) is 5.47. The van der Waals surface area contributed by atoms with E-state index in [2.05, 4.69) is 5.32 Å². The largest absolute Gasteiger partial charge is 0.456 e. The average molecular weight is 401 g/mol. The van der Waals surface area contributed by atoms with Crippen LogP contribution in [0.3, 0.4) is 0 Å². The fraction of sp³-hybridized carbons (Fsp3) is 0. The first-order chi connectivity index (χ1) is 13.0. The van der Waals surface area contributed by atoms with E-state index in [-0.39, 0.29) is 21.4 Å². The molecule has 0 atom stereocenters. The van der Waals surface area contributed by atoms with Crippen molar-refractivity contribution in [3.8, 4) is 17.6 Å². The van der Waals surface area contributed by atoms with Gasteiger partial charge in [-0.15, -0.1) is 0 Å². The molecule has 0 radical (unpaired) electrons. The summed E-state index contributed by atoms with van der Waals surface area (Å²) in [6.45, 7) is 0. The Bertz CT molecular complexity index is 1050. The third kappa shape index (κ3) is 4.56. The zero-order valence-corrected chi connectivity index (χ0v) is 15.2. The van der Waals surface area contributed by atoms with Crippen molar-refractivity contribution in [2.75, 3.05) is 5.32 Å². The maximum atomic E-state index is 13.1. The fourth-order valence-corrected chi connectivity index (χ4v) is 2.60. The summed E-state index contributed by atoms with van der Waals surface area (Å²) in [6.07, 6.45) is 0. The van der Waals surface area contributed by atoms with E-state index >= 15 is 0 Å². The first-order valence-electron chi connectivity index (χ1n) is 7.70. The molecule has 0 aliphatic heterocycles. The van der Waals surface area contributed by atoms with Crippen LogP contribution >= 0.6 is 23.2 Å². The van der Waals surface area contributed by atoms with Gasteiger partial charge in [0.05, 0.1) is 27.2 Å². The van der Waals surface area contributed by atoms with Gasteiger partial charge in [0.1, 0.15) is 17.3 Å². The minimum atomic E-state index is -0.499. The van der Waals surface area contributed by atoms with Crippen LogP contribution < -0.4 is 10.1 Å². The summed E-state index contributed by atoms with van der Waals surface area (Å²) in [7, 11) is 0. The van der Waals surface area contributed by atoms with E-state index in [1.165, 1.54) is 42.5 Å². The molecule has 0 fully saturated rings. The van der Waals surface area contributed by atoms with Crippen LogP contribution in [0.5, 0.6) is 11.5 Å². The van der Waals surface area contributed by atoms with Crippen LogP contribution in [0.4, 0.5) is 10.1 Å². The number of hydrogen-bond acceptors (Lipinski definition) is 3. The second-order valence-corrected chi connectivity index (χ2v) is 6.28. The summed E-state index contributed by atoms with van der Waals surface area (Å²) in [5, 5.41) is 12.0. The summed E-state index contributed by atoms with van der Waals surface area (Å²) >= 11 is 12.1. The van der Waals surface area contributed by atoms with Crippen molar-refractivity contribution >= 4 is 34.8 Å². The van der Waals surface area contributed by atoms with E-state index < -0.39 is 11.7 Å². The van der Waals surface area contributed by atoms with Crippen molar-refractivity contribution in [2.45, 2.75) is 0 Å². The molecule has 3 rings (SSSR count). The number of carbonyl (C=O) groups excluding carboxylic acids is 1. The van der Waals surface area contributed by atoms with Crippen molar-refractivity contribution in [2.24, 2.45) is 0 Å². The lowest BCUT2D eigenvalue weighted by molar-refractivity contribution is 0.102. The summed E-state index contributed by atoms with van der Waals surface area (Å²) < 4.78 is 18.8. The molecule has 7 heteroatoms. The molecule has 3 aromatic rings. The Morgan fingerprint density at radius 3 is 2.44 bits per heavy atom. The van der Waals surface area contributed by atoms with Crippen LogP contribution in [0.25, 0.3) is 0 Å². The minimum absolute atomic E-state index is 0.135. The van der Waals surface area contributed by atoms with Gasteiger partial charge in [-0.05, 0) is 48.5 Å². The van der Waals surface area contributed by atoms with E-state index in [0.29, 0.717) is 17.0 Å². The lowest BCUT2D eigenvalue weighted by Gasteiger charge is -2.13. The van der Waals surface area contributed by atoms with Gasteiger partial charge in [0.25, 0.3) is 5.91 Å². The van der Waals surface area contributed by atoms with E-state index in [0.717, 1.165) is 0 Å². The normalized spacial score (nSPS) is 10.1. The quantitative estimate of drug-likeness (QED) is 0.579. The molecule has 27 heavy (non-hydrogen) atoms. The van der Waals surface area contributed by atoms with Gasteiger partial charge in [-0.25, -0.2) is 4.39 Å². The average Bonchev–Trinajstić information content (AvgIpc) is 2.66. The molecule has 4 nitrogen and oxygen atoms in total. The standard InChI is InChI=1S/C20H11Cl2FN2O2/c21-17-9-16(20(26)25-14-3-1-2-12(8-14)11-24)19(10-18(17)22)27-15-6-4-13(23)5-7-15/h1-10H,(H,25,26). The first kappa shape index (κ1) is 18.7. The van der Waals surface area contributed by atoms with Gasteiger partial charge >= 0.3 is 0 Å². The Morgan fingerprint density at radius 2 is 1.74 bits per heavy atom. The molecule has 0 heterocycles. The molecule has 1 amide bonds. The number of nitrogens with one attached hydrogen (secondary N) is 1. The number of nitriles is 1. The van der Waals surface area contributed by atoms with Gasteiger partial charge in [-0.1, -0.05) is 29.3 Å². The van der Waals surface area contributed by atoms with Crippen molar-refractivity contribution in [1.29, 1.82) is 5.26 Å². The van der Waals surface area contributed by atoms with E-state index in [1.807, 2.05) is 6.07 Å². The molecular formula is C20H11Cl2FN2O2. The second kappa shape index (κ2) is 8.09. The van der Waals surface area contributed by atoms with Gasteiger partial charge in [0.15, 0.2) is 0 Å². The number of anilines is 1. The van der Waals surface area contributed by atoms with Crippen LogP contribution in [0.1, 0.15) is 15.9 Å². The highest BCUT2D eigenvalue weighted by Gasteiger charge is 2.17. The smallest absolute Gasteiger partial charge is 0.259 e. The number of halogens is 3. The topological polar surface area (TPSA) is 62.1 Å². The number of nitrogens with zero attached hydrogens (tertiary/aromatic N) is 1. The highest BCUT2D eigenvalue weighted by atomic mass is 35.5. The van der Waals surface area contributed by atoms with Gasteiger partial charge in [0.2, 0.25) is 0 Å². The molecule has 0 unspecified atom stereocenters. The van der Waals surface area contributed by atoms with Gasteiger partial charge < -0.3 is 10.1 Å². The molecular weight excluding hydrogens is 390 g/mol. The monoisotopic (exact) mass is 400 g/mol. The Hall–Kier alpha value is -3.07. The molecule has 3 aromatic carbocycles. The molecule has 0 aliphatic rings. The van der Waals surface area contributed by atoms with Crippen LogP contribution in [0, 0.1) is 17.1 Å². The SMILES string of the molecule is N#Cc1cccc(NC(=O)c2cc(Cl)c(Cl)cc2Oc2ccc(F)cc2)c1. The number of ether oxygens (including phenoxy) is 1. The number of carbonyl (C=O) groups is 1. The Morgan fingerprint density at radius 1 is 1.04 bits per heavy atom. The highest BCUT2D eigenvalue weighted by Crippen LogP contribution is 2.34. The predicted molar refractivity (Wildman–Crippen MR) is 102 cm³/mol. The minimum Gasteiger partial charge on any atom is -0.456 e. The molecule has 0 aliphatic carbocycles. The Labute approximate surface area is 164 Å². The predicted octanol–water partition coefficient (Wildman–Crippen LogP) is 6.05. The number of rotatable bonds is 4. The molecule has 0 spiro atoms. The van der Waals surface area contributed by atoms with Crippen molar-refractivity contribution in [1.82, 2.24) is 0 Å². The first-order valence-corrected chi connectivity index (χ1v) is 8.46. The van der Waals surface area contributed by atoms with Crippen LogP contribution in [-0.4, -0.2) is 5.91 Å².